The second kappa shape index (κ2) is 4.25. The average molecular weight is 237 g/mol. The van der Waals surface area contributed by atoms with Crippen molar-refractivity contribution in [3.05, 3.63) is 72.4 Å². The van der Waals surface area contributed by atoms with Gasteiger partial charge in [-0.05, 0) is 23.1 Å². The lowest BCUT2D eigenvalue weighted by molar-refractivity contribution is 0.358. The lowest BCUT2D eigenvalue weighted by Crippen LogP contribution is -2.32. The van der Waals surface area contributed by atoms with Gasteiger partial charge >= 0.3 is 0 Å². The first kappa shape index (κ1) is 11.5. The molecule has 1 aliphatic heterocycles. The molecule has 1 atom stereocenters. The zero-order valence-electron chi connectivity index (χ0n) is 10.7. The van der Waals surface area contributed by atoms with E-state index in [1.54, 1.807) is 0 Å². The molecule has 1 heteroatoms. The van der Waals surface area contributed by atoms with E-state index in [-0.39, 0.29) is 5.41 Å². The van der Waals surface area contributed by atoms with Crippen molar-refractivity contribution in [3.8, 4) is 0 Å². The van der Waals surface area contributed by atoms with Crippen LogP contribution < -0.4 is 0 Å². The number of likely N-dealkylation sites (tertiary alicyclic amines) is 1. The van der Waals surface area contributed by atoms with E-state index >= 15 is 0 Å². The summed E-state index contributed by atoms with van der Waals surface area (Å²) in [6.45, 7) is 11.1. The molecule has 0 N–H and O–H groups in total. The van der Waals surface area contributed by atoms with Crippen molar-refractivity contribution in [1.82, 2.24) is 4.90 Å². The molecular formula is C17H19N. The SMILES string of the molecule is C=CCN1CC(=C)C2(C=CCc3ccccc32)C1. The monoisotopic (exact) mass is 237 g/mol. The van der Waals surface area contributed by atoms with E-state index in [2.05, 4.69) is 54.5 Å². The maximum absolute atomic E-state index is 4.34. The molecule has 1 spiro atoms. The van der Waals surface area contributed by atoms with Crippen LogP contribution in [0.3, 0.4) is 0 Å². The van der Waals surface area contributed by atoms with E-state index in [4.69, 9.17) is 0 Å². The van der Waals surface area contributed by atoms with Crippen LogP contribution in [0.2, 0.25) is 0 Å². The Balaban J connectivity index is 2.05. The van der Waals surface area contributed by atoms with Crippen LogP contribution in [0.4, 0.5) is 0 Å². The van der Waals surface area contributed by atoms with Crippen LogP contribution in [0.5, 0.6) is 0 Å². The molecule has 1 aliphatic carbocycles. The van der Waals surface area contributed by atoms with Crippen LogP contribution in [0.25, 0.3) is 0 Å². The number of nitrogens with zero attached hydrogens (tertiary/aromatic N) is 1. The van der Waals surface area contributed by atoms with Gasteiger partial charge in [-0.15, -0.1) is 6.58 Å². The summed E-state index contributed by atoms with van der Waals surface area (Å²) < 4.78 is 0. The minimum absolute atomic E-state index is 0.0395. The Labute approximate surface area is 109 Å². The van der Waals surface area contributed by atoms with Gasteiger partial charge in [-0.25, -0.2) is 0 Å². The average Bonchev–Trinajstić information content (AvgIpc) is 2.68. The Morgan fingerprint density at radius 2 is 2.17 bits per heavy atom. The largest absolute Gasteiger partial charge is 0.294 e. The fourth-order valence-corrected chi connectivity index (χ4v) is 3.30. The smallest absolute Gasteiger partial charge is 0.0481 e. The molecule has 1 nitrogen and oxygen atoms in total. The van der Waals surface area contributed by atoms with Gasteiger partial charge in [0.1, 0.15) is 0 Å². The molecule has 1 aromatic rings. The Kier molecular flexibility index (Phi) is 2.71. The van der Waals surface area contributed by atoms with Gasteiger partial charge in [0.05, 0.1) is 0 Å². The van der Waals surface area contributed by atoms with Crippen LogP contribution in [0.1, 0.15) is 11.1 Å². The van der Waals surface area contributed by atoms with Gasteiger partial charge in [0.15, 0.2) is 0 Å². The molecule has 0 saturated carbocycles. The first-order chi connectivity index (χ1) is 8.76. The molecule has 1 heterocycles. The highest BCUT2D eigenvalue weighted by Crippen LogP contribution is 2.43. The van der Waals surface area contributed by atoms with E-state index in [0.29, 0.717) is 0 Å². The van der Waals surface area contributed by atoms with Gasteiger partial charge in [0.25, 0.3) is 0 Å². The van der Waals surface area contributed by atoms with Crippen molar-refractivity contribution >= 4 is 0 Å². The summed E-state index contributed by atoms with van der Waals surface area (Å²) >= 11 is 0. The number of hydrogen-bond donors (Lipinski definition) is 0. The topological polar surface area (TPSA) is 3.24 Å². The summed E-state index contributed by atoms with van der Waals surface area (Å²) in [4.78, 5) is 2.42. The van der Waals surface area contributed by atoms with Gasteiger partial charge < -0.3 is 0 Å². The van der Waals surface area contributed by atoms with Gasteiger partial charge in [-0.2, -0.15) is 0 Å². The summed E-state index contributed by atoms with van der Waals surface area (Å²) in [7, 11) is 0. The molecule has 0 bridgehead atoms. The van der Waals surface area contributed by atoms with Crippen LogP contribution in [-0.2, 0) is 11.8 Å². The molecule has 1 saturated heterocycles. The highest BCUT2D eigenvalue weighted by atomic mass is 15.2. The third-order valence-corrected chi connectivity index (χ3v) is 4.14. The standard InChI is InChI=1S/C17H19N/c1-3-11-18-12-14(2)17(13-18)10-6-8-15-7-4-5-9-16(15)17/h3-7,9-10H,1-2,8,11-13H2. The maximum Gasteiger partial charge on any atom is 0.0481 e. The molecule has 3 rings (SSSR count). The number of rotatable bonds is 2. The highest BCUT2D eigenvalue weighted by Gasteiger charge is 2.42. The van der Waals surface area contributed by atoms with Gasteiger partial charge in [-0.1, -0.05) is 49.1 Å². The lowest BCUT2D eigenvalue weighted by Gasteiger charge is -2.32. The Bertz CT molecular complexity index is 526. The molecule has 1 unspecified atom stereocenters. The summed E-state index contributed by atoms with van der Waals surface area (Å²) in [5, 5.41) is 0. The quantitative estimate of drug-likeness (QED) is 0.714. The normalized spacial score (nSPS) is 26.6. The van der Waals surface area contributed by atoms with Crippen molar-refractivity contribution in [1.29, 1.82) is 0 Å². The minimum atomic E-state index is 0.0395. The fourth-order valence-electron chi connectivity index (χ4n) is 3.30. The molecule has 1 fully saturated rings. The van der Waals surface area contributed by atoms with Crippen molar-refractivity contribution in [2.24, 2.45) is 0 Å². The predicted molar refractivity (Wildman–Crippen MR) is 76.7 cm³/mol. The maximum atomic E-state index is 4.34. The van der Waals surface area contributed by atoms with E-state index < -0.39 is 0 Å². The molecular weight excluding hydrogens is 218 g/mol. The Morgan fingerprint density at radius 1 is 1.33 bits per heavy atom. The predicted octanol–water partition coefficient (Wildman–Crippen LogP) is 3.09. The van der Waals surface area contributed by atoms with Crippen molar-refractivity contribution in [2.75, 3.05) is 19.6 Å². The summed E-state index contributed by atoms with van der Waals surface area (Å²) in [5.41, 5.74) is 4.25. The molecule has 0 aromatic heterocycles. The van der Waals surface area contributed by atoms with Gasteiger partial charge in [0.2, 0.25) is 0 Å². The van der Waals surface area contributed by atoms with Crippen LogP contribution in [0.15, 0.2) is 61.2 Å². The van der Waals surface area contributed by atoms with Crippen molar-refractivity contribution < 1.29 is 0 Å². The number of benzene rings is 1. The Morgan fingerprint density at radius 3 is 3.00 bits per heavy atom. The third-order valence-electron chi connectivity index (χ3n) is 4.14. The highest BCUT2D eigenvalue weighted by molar-refractivity contribution is 5.52. The van der Waals surface area contributed by atoms with E-state index in [9.17, 15) is 0 Å². The molecule has 0 radical (unpaired) electrons. The number of allylic oxidation sites excluding steroid dienone is 1. The third kappa shape index (κ3) is 1.58. The molecule has 92 valence electrons. The van der Waals surface area contributed by atoms with Gasteiger partial charge in [-0.3, -0.25) is 4.90 Å². The zero-order chi connectivity index (χ0) is 12.6. The van der Waals surface area contributed by atoms with Gasteiger partial charge in [0, 0.05) is 25.0 Å². The minimum Gasteiger partial charge on any atom is -0.294 e. The summed E-state index contributed by atoms with van der Waals surface area (Å²) in [5.74, 6) is 0. The number of hydrogen-bond acceptors (Lipinski definition) is 1. The fraction of sp³-hybridized carbons (Fsp3) is 0.294. The molecule has 1 aromatic carbocycles. The van der Waals surface area contributed by atoms with Crippen LogP contribution in [-0.4, -0.2) is 24.5 Å². The van der Waals surface area contributed by atoms with Crippen molar-refractivity contribution in [2.45, 2.75) is 11.8 Å². The first-order valence-corrected chi connectivity index (χ1v) is 6.54. The van der Waals surface area contributed by atoms with Crippen LogP contribution in [0, 0.1) is 0 Å². The molecule has 0 amide bonds. The summed E-state index contributed by atoms with van der Waals surface area (Å²) in [6.07, 6.45) is 7.68. The van der Waals surface area contributed by atoms with E-state index in [1.165, 1.54) is 16.7 Å². The second-order valence-corrected chi connectivity index (χ2v) is 5.30. The van der Waals surface area contributed by atoms with Crippen LogP contribution >= 0.6 is 0 Å². The first-order valence-electron chi connectivity index (χ1n) is 6.54. The Hall–Kier alpha value is -1.60. The molecule has 18 heavy (non-hydrogen) atoms. The van der Waals surface area contributed by atoms with E-state index in [1.807, 2.05) is 6.08 Å². The zero-order valence-corrected chi connectivity index (χ0v) is 10.7. The lowest BCUT2D eigenvalue weighted by atomic mass is 9.71. The van der Waals surface area contributed by atoms with E-state index in [0.717, 1.165) is 26.1 Å². The second-order valence-electron chi connectivity index (χ2n) is 5.30. The summed E-state index contributed by atoms with van der Waals surface area (Å²) in [6, 6.07) is 8.78. The van der Waals surface area contributed by atoms with Crippen molar-refractivity contribution in [3.63, 3.8) is 0 Å². The number of fused-ring (bicyclic) bond motifs is 2. The molecule has 2 aliphatic rings.